The van der Waals surface area contributed by atoms with Crippen LogP contribution >= 0.6 is 22.7 Å². The molecule has 6 heteroatoms. The summed E-state index contributed by atoms with van der Waals surface area (Å²) in [6, 6.07) is 2.04. The smallest absolute Gasteiger partial charge is 0.266 e. The molecule has 3 aromatic rings. The predicted molar refractivity (Wildman–Crippen MR) is 69.7 cm³/mol. The standard InChI is InChI=1S/C11H9N3OS2/c1-6-3-4-16-8(6)5-9-10(15)14-11(17-9)12-7(2)13-14/h3-5H,1-2H3/b9-5-. The summed E-state index contributed by atoms with van der Waals surface area (Å²) in [7, 11) is 0. The van der Waals surface area contributed by atoms with E-state index in [1.807, 2.05) is 24.4 Å². The molecule has 0 atom stereocenters. The van der Waals surface area contributed by atoms with E-state index in [1.165, 1.54) is 21.4 Å². The van der Waals surface area contributed by atoms with E-state index >= 15 is 0 Å². The Morgan fingerprint density at radius 1 is 1.41 bits per heavy atom. The number of thiophene rings is 1. The Bertz CT molecular complexity index is 797. The summed E-state index contributed by atoms with van der Waals surface area (Å²) in [5.74, 6) is 0.632. The Morgan fingerprint density at radius 2 is 2.24 bits per heavy atom. The van der Waals surface area contributed by atoms with Crippen molar-refractivity contribution in [2.45, 2.75) is 13.8 Å². The van der Waals surface area contributed by atoms with Crippen molar-refractivity contribution < 1.29 is 0 Å². The highest BCUT2D eigenvalue weighted by molar-refractivity contribution is 7.15. The van der Waals surface area contributed by atoms with Gasteiger partial charge in [0.2, 0.25) is 4.96 Å². The van der Waals surface area contributed by atoms with Crippen LogP contribution in [-0.2, 0) is 0 Å². The highest BCUT2D eigenvalue weighted by atomic mass is 32.1. The van der Waals surface area contributed by atoms with Crippen LogP contribution in [0.1, 0.15) is 16.3 Å². The van der Waals surface area contributed by atoms with E-state index in [1.54, 1.807) is 18.3 Å². The van der Waals surface area contributed by atoms with Gasteiger partial charge in [0.15, 0.2) is 0 Å². The number of thiazole rings is 1. The monoisotopic (exact) mass is 263 g/mol. The van der Waals surface area contributed by atoms with Crippen molar-refractivity contribution in [2.24, 2.45) is 0 Å². The third kappa shape index (κ3) is 1.69. The minimum Gasteiger partial charge on any atom is -0.266 e. The molecule has 0 bridgehead atoms. The Labute approximate surface area is 105 Å². The lowest BCUT2D eigenvalue weighted by Crippen LogP contribution is -2.23. The van der Waals surface area contributed by atoms with Crippen LogP contribution < -0.4 is 10.1 Å². The predicted octanol–water partition coefficient (Wildman–Crippen LogP) is 1.38. The third-order valence-corrected chi connectivity index (χ3v) is 4.38. The van der Waals surface area contributed by atoms with Gasteiger partial charge in [0.05, 0.1) is 4.53 Å². The van der Waals surface area contributed by atoms with Crippen LogP contribution in [0, 0.1) is 13.8 Å². The zero-order valence-corrected chi connectivity index (χ0v) is 10.9. The Morgan fingerprint density at radius 3 is 2.88 bits per heavy atom. The molecule has 3 heterocycles. The Balaban J connectivity index is 2.28. The average molecular weight is 263 g/mol. The molecule has 86 valence electrons. The number of rotatable bonds is 1. The van der Waals surface area contributed by atoms with Gasteiger partial charge in [-0.3, -0.25) is 4.79 Å². The van der Waals surface area contributed by atoms with E-state index in [4.69, 9.17) is 0 Å². The quantitative estimate of drug-likeness (QED) is 0.666. The molecule has 3 aromatic heterocycles. The first-order valence-electron chi connectivity index (χ1n) is 5.07. The van der Waals surface area contributed by atoms with E-state index in [-0.39, 0.29) is 5.56 Å². The van der Waals surface area contributed by atoms with Crippen LogP contribution in [0.2, 0.25) is 0 Å². The van der Waals surface area contributed by atoms with Crippen molar-refractivity contribution in [1.29, 1.82) is 0 Å². The molecule has 0 saturated heterocycles. The third-order valence-electron chi connectivity index (χ3n) is 2.45. The molecule has 0 fully saturated rings. The molecule has 17 heavy (non-hydrogen) atoms. The number of aromatic nitrogens is 3. The topological polar surface area (TPSA) is 47.3 Å². The minimum absolute atomic E-state index is 0.0848. The number of fused-ring (bicyclic) bond motifs is 1. The lowest BCUT2D eigenvalue weighted by Gasteiger charge is -1.85. The van der Waals surface area contributed by atoms with Crippen molar-refractivity contribution in [3.63, 3.8) is 0 Å². The molecule has 0 aliphatic rings. The molecule has 0 aromatic carbocycles. The van der Waals surface area contributed by atoms with Crippen molar-refractivity contribution in [2.75, 3.05) is 0 Å². The fraction of sp³-hybridized carbons (Fsp3) is 0.182. The van der Waals surface area contributed by atoms with Gasteiger partial charge in [0.25, 0.3) is 5.56 Å². The summed E-state index contributed by atoms with van der Waals surface area (Å²) < 4.78 is 2.06. The molecule has 0 radical (unpaired) electrons. The number of nitrogens with zero attached hydrogens (tertiary/aromatic N) is 3. The molecule has 0 saturated carbocycles. The van der Waals surface area contributed by atoms with Gasteiger partial charge >= 0.3 is 0 Å². The second-order valence-corrected chi connectivity index (χ2v) is 5.69. The zero-order chi connectivity index (χ0) is 12.0. The Kier molecular flexibility index (Phi) is 2.34. The first kappa shape index (κ1) is 10.6. The van der Waals surface area contributed by atoms with Crippen LogP contribution in [-0.4, -0.2) is 14.6 Å². The van der Waals surface area contributed by atoms with E-state index in [9.17, 15) is 4.79 Å². The molecular formula is C11H9N3OS2. The van der Waals surface area contributed by atoms with Gasteiger partial charge in [-0.1, -0.05) is 11.3 Å². The molecule has 0 spiro atoms. The molecule has 0 unspecified atom stereocenters. The van der Waals surface area contributed by atoms with Crippen LogP contribution in [0.5, 0.6) is 0 Å². The zero-order valence-electron chi connectivity index (χ0n) is 9.30. The van der Waals surface area contributed by atoms with Crippen molar-refractivity contribution >= 4 is 33.7 Å². The van der Waals surface area contributed by atoms with Crippen LogP contribution in [0.4, 0.5) is 0 Å². The van der Waals surface area contributed by atoms with Crippen LogP contribution in [0.3, 0.4) is 0 Å². The minimum atomic E-state index is -0.0848. The highest BCUT2D eigenvalue weighted by Gasteiger charge is 2.08. The summed E-state index contributed by atoms with van der Waals surface area (Å²) in [5.41, 5.74) is 1.10. The molecule has 4 nitrogen and oxygen atoms in total. The van der Waals surface area contributed by atoms with Crippen LogP contribution in [0.15, 0.2) is 16.2 Å². The van der Waals surface area contributed by atoms with Gasteiger partial charge in [-0.05, 0) is 36.9 Å². The summed E-state index contributed by atoms with van der Waals surface area (Å²) in [6.07, 6.45) is 1.92. The lowest BCUT2D eigenvalue weighted by molar-refractivity contribution is 0.904. The number of hydrogen-bond donors (Lipinski definition) is 0. The molecular weight excluding hydrogens is 254 g/mol. The van der Waals surface area contributed by atoms with Gasteiger partial charge in [-0.25, -0.2) is 4.98 Å². The highest BCUT2D eigenvalue weighted by Crippen LogP contribution is 2.16. The summed E-state index contributed by atoms with van der Waals surface area (Å²) in [6.45, 7) is 3.82. The van der Waals surface area contributed by atoms with E-state index < -0.39 is 0 Å². The van der Waals surface area contributed by atoms with E-state index in [0.29, 0.717) is 15.3 Å². The van der Waals surface area contributed by atoms with Crippen LogP contribution in [0.25, 0.3) is 11.0 Å². The van der Waals surface area contributed by atoms with E-state index in [2.05, 4.69) is 10.1 Å². The molecule has 0 amide bonds. The first-order valence-corrected chi connectivity index (χ1v) is 6.77. The fourth-order valence-electron chi connectivity index (χ4n) is 1.58. The number of hydrogen-bond acceptors (Lipinski definition) is 5. The maximum absolute atomic E-state index is 12.0. The van der Waals surface area contributed by atoms with Gasteiger partial charge in [-0.15, -0.1) is 16.4 Å². The van der Waals surface area contributed by atoms with Gasteiger partial charge in [0, 0.05) is 4.88 Å². The molecule has 0 N–H and O–H groups in total. The normalized spacial score (nSPS) is 12.7. The summed E-state index contributed by atoms with van der Waals surface area (Å²) in [5, 5.41) is 6.09. The van der Waals surface area contributed by atoms with Crippen molar-refractivity contribution in [3.8, 4) is 0 Å². The van der Waals surface area contributed by atoms with Gasteiger partial charge < -0.3 is 0 Å². The lowest BCUT2D eigenvalue weighted by atomic mass is 10.3. The van der Waals surface area contributed by atoms with Crippen molar-refractivity contribution in [1.82, 2.24) is 14.6 Å². The Hall–Kier alpha value is -1.53. The SMILES string of the molecule is Cc1nc2s/c(=C\c3sccc3C)c(=O)n2n1. The molecule has 3 rings (SSSR count). The van der Waals surface area contributed by atoms with E-state index in [0.717, 1.165) is 4.88 Å². The second-order valence-electron chi connectivity index (χ2n) is 3.74. The first-order chi connectivity index (χ1) is 8.15. The maximum atomic E-state index is 12.0. The maximum Gasteiger partial charge on any atom is 0.291 e. The average Bonchev–Trinajstić information content (AvgIpc) is 2.90. The second kappa shape index (κ2) is 3.75. The molecule has 0 aliphatic carbocycles. The summed E-state index contributed by atoms with van der Waals surface area (Å²) >= 11 is 3.01. The van der Waals surface area contributed by atoms with Gasteiger partial charge in [0.1, 0.15) is 5.82 Å². The van der Waals surface area contributed by atoms with Crippen molar-refractivity contribution in [3.05, 3.63) is 42.6 Å². The largest absolute Gasteiger partial charge is 0.291 e. The fourth-order valence-corrected chi connectivity index (χ4v) is 3.45. The summed E-state index contributed by atoms with van der Waals surface area (Å²) in [4.78, 5) is 18.0. The molecule has 0 aliphatic heterocycles. The number of aryl methyl sites for hydroxylation is 2. The van der Waals surface area contributed by atoms with Gasteiger partial charge in [-0.2, -0.15) is 4.52 Å².